The third-order valence-corrected chi connectivity index (χ3v) is 4.86. The third-order valence-electron chi connectivity index (χ3n) is 3.70. The predicted molar refractivity (Wildman–Crippen MR) is 102 cm³/mol. The van der Waals surface area contributed by atoms with Crippen LogP contribution in [0.5, 0.6) is 0 Å². The van der Waals surface area contributed by atoms with E-state index in [2.05, 4.69) is 37.4 Å². The highest BCUT2D eigenvalue weighted by molar-refractivity contribution is 7.22. The monoisotopic (exact) mass is 367 g/mol. The number of thiophene rings is 1. The van der Waals surface area contributed by atoms with Gasteiger partial charge in [0.05, 0.1) is 15.9 Å². The molecule has 25 heavy (non-hydrogen) atoms. The molecule has 0 radical (unpaired) electrons. The van der Waals surface area contributed by atoms with Crippen molar-refractivity contribution in [3.63, 3.8) is 0 Å². The topological polar surface area (TPSA) is 63.6 Å². The Morgan fingerprint density at radius 2 is 1.96 bits per heavy atom. The molecule has 0 fully saturated rings. The van der Waals surface area contributed by atoms with E-state index in [0.717, 1.165) is 29.0 Å². The van der Waals surface area contributed by atoms with E-state index in [1.54, 1.807) is 18.6 Å². The summed E-state index contributed by atoms with van der Waals surface area (Å²) in [5, 5.41) is 4.33. The van der Waals surface area contributed by atoms with E-state index in [0.29, 0.717) is 15.9 Å². The molecule has 7 heteroatoms. The summed E-state index contributed by atoms with van der Waals surface area (Å²) in [6, 6.07) is 12.2. The summed E-state index contributed by atoms with van der Waals surface area (Å²) in [5.74, 6) is 1.31. The number of hydrogen-bond donors (Lipinski definition) is 1. The van der Waals surface area contributed by atoms with Crippen LogP contribution in [-0.2, 0) is 6.42 Å². The maximum atomic E-state index is 6.18. The van der Waals surface area contributed by atoms with Gasteiger partial charge in [-0.25, -0.2) is 15.0 Å². The van der Waals surface area contributed by atoms with Gasteiger partial charge in [-0.1, -0.05) is 41.9 Å². The standard InChI is InChI=1S/C18H14ClN5S/c19-15-10-13-16(22-7-6-12-4-2-1-3-5-12)23-17(24-18(13)25-15)14-11-20-8-9-21-14/h1-5,8-11H,6-7H2,(H,22,23,24). The highest BCUT2D eigenvalue weighted by Gasteiger charge is 2.13. The highest BCUT2D eigenvalue weighted by Crippen LogP contribution is 2.33. The van der Waals surface area contributed by atoms with Crippen LogP contribution in [0.15, 0.2) is 55.0 Å². The van der Waals surface area contributed by atoms with Gasteiger partial charge in [-0.15, -0.1) is 11.3 Å². The van der Waals surface area contributed by atoms with Gasteiger partial charge in [0.25, 0.3) is 0 Å². The molecule has 0 atom stereocenters. The number of nitrogens with one attached hydrogen (secondary N) is 1. The molecule has 0 bridgehead atoms. The predicted octanol–water partition coefficient (Wildman–Crippen LogP) is 4.46. The number of anilines is 1. The molecule has 0 aliphatic rings. The summed E-state index contributed by atoms with van der Waals surface area (Å²) in [5.41, 5.74) is 1.91. The number of aromatic nitrogens is 4. The Bertz CT molecular complexity index is 988. The fourth-order valence-corrected chi connectivity index (χ4v) is 3.61. The Kier molecular flexibility index (Phi) is 4.54. The van der Waals surface area contributed by atoms with Gasteiger partial charge in [0.15, 0.2) is 5.82 Å². The van der Waals surface area contributed by atoms with Gasteiger partial charge in [0.1, 0.15) is 16.3 Å². The number of benzene rings is 1. The molecule has 0 spiro atoms. The van der Waals surface area contributed by atoms with Crippen LogP contribution in [0.1, 0.15) is 5.56 Å². The minimum absolute atomic E-state index is 0.543. The largest absolute Gasteiger partial charge is 0.369 e. The van der Waals surface area contributed by atoms with Crippen molar-refractivity contribution in [3.05, 3.63) is 64.9 Å². The van der Waals surface area contributed by atoms with E-state index in [1.165, 1.54) is 16.9 Å². The number of nitrogens with zero attached hydrogens (tertiary/aromatic N) is 4. The Hall–Kier alpha value is -2.57. The van der Waals surface area contributed by atoms with Crippen molar-refractivity contribution < 1.29 is 0 Å². The first-order chi connectivity index (χ1) is 12.3. The summed E-state index contributed by atoms with van der Waals surface area (Å²) in [7, 11) is 0. The summed E-state index contributed by atoms with van der Waals surface area (Å²) in [6.45, 7) is 0.767. The van der Waals surface area contributed by atoms with E-state index in [1.807, 2.05) is 24.3 Å². The van der Waals surface area contributed by atoms with Gasteiger partial charge in [0.2, 0.25) is 0 Å². The molecule has 3 aromatic heterocycles. The molecule has 0 amide bonds. The molecular weight excluding hydrogens is 354 g/mol. The number of halogens is 1. The zero-order valence-corrected chi connectivity index (χ0v) is 14.8. The van der Waals surface area contributed by atoms with Gasteiger partial charge in [-0.05, 0) is 18.1 Å². The quantitative estimate of drug-likeness (QED) is 0.564. The molecule has 0 aliphatic carbocycles. The van der Waals surface area contributed by atoms with Crippen LogP contribution >= 0.6 is 22.9 Å². The van der Waals surface area contributed by atoms with Crippen molar-refractivity contribution in [1.29, 1.82) is 0 Å². The van der Waals surface area contributed by atoms with Gasteiger partial charge in [-0.2, -0.15) is 0 Å². The third kappa shape index (κ3) is 3.60. The molecule has 0 aliphatic heterocycles. The van der Waals surface area contributed by atoms with Crippen LogP contribution in [-0.4, -0.2) is 26.5 Å². The van der Waals surface area contributed by atoms with Crippen molar-refractivity contribution >= 4 is 39.0 Å². The molecule has 124 valence electrons. The zero-order valence-electron chi connectivity index (χ0n) is 13.2. The van der Waals surface area contributed by atoms with Crippen molar-refractivity contribution in [2.45, 2.75) is 6.42 Å². The first-order valence-electron chi connectivity index (χ1n) is 7.81. The molecule has 1 N–H and O–H groups in total. The molecule has 0 saturated carbocycles. The molecule has 4 rings (SSSR count). The van der Waals surface area contributed by atoms with E-state index in [-0.39, 0.29) is 0 Å². The average Bonchev–Trinajstić information content (AvgIpc) is 3.03. The summed E-state index contributed by atoms with van der Waals surface area (Å²) >= 11 is 7.61. The zero-order chi connectivity index (χ0) is 17.1. The Balaban J connectivity index is 1.64. The summed E-state index contributed by atoms with van der Waals surface area (Å²) in [4.78, 5) is 18.4. The van der Waals surface area contributed by atoms with Gasteiger partial charge < -0.3 is 5.32 Å². The molecular formula is C18H14ClN5S. The molecule has 5 nitrogen and oxygen atoms in total. The van der Waals surface area contributed by atoms with Crippen LogP contribution < -0.4 is 5.32 Å². The van der Waals surface area contributed by atoms with E-state index >= 15 is 0 Å². The normalized spacial score (nSPS) is 10.9. The summed E-state index contributed by atoms with van der Waals surface area (Å²) < 4.78 is 0.687. The first kappa shape index (κ1) is 15.9. The minimum atomic E-state index is 0.543. The lowest BCUT2D eigenvalue weighted by Crippen LogP contribution is -2.07. The van der Waals surface area contributed by atoms with E-state index < -0.39 is 0 Å². The molecule has 4 aromatic rings. The molecule has 1 aromatic carbocycles. The van der Waals surface area contributed by atoms with Gasteiger partial charge >= 0.3 is 0 Å². The van der Waals surface area contributed by atoms with Crippen LogP contribution in [0, 0.1) is 0 Å². The molecule has 0 saturated heterocycles. The lowest BCUT2D eigenvalue weighted by molar-refractivity contribution is 1.01. The lowest BCUT2D eigenvalue weighted by atomic mass is 10.1. The second-order valence-corrected chi connectivity index (χ2v) is 7.08. The second-order valence-electron chi connectivity index (χ2n) is 5.42. The van der Waals surface area contributed by atoms with E-state index in [9.17, 15) is 0 Å². The number of rotatable bonds is 5. The maximum absolute atomic E-state index is 6.18. The van der Waals surface area contributed by atoms with Gasteiger partial charge in [-0.3, -0.25) is 4.98 Å². The van der Waals surface area contributed by atoms with Crippen molar-refractivity contribution in [2.24, 2.45) is 0 Å². The lowest BCUT2D eigenvalue weighted by Gasteiger charge is -2.08. The van der Waals surface area contributed by atoms with Crippen LogP contribution in [0.2, 0.25) is 4.34 Å². The average molecular weight is 368 g/mol. The smallest absolute Gasteiger partial charge is 0.183 e. The molecule has 3 heterocycles. The van der Waals surface area contributed by atoms with Crippen LogP contribution in [0.25, 0.3) is 21.7 Å². The van der Waals surface area contributed by atoms with E-state index in [4.69, 9.17) is 11.6 Å². The van der Waals surface area contributed by atoms with Crippen LogP contribution in [0.4, 0.5) is 5.82 Å². The Labute approximate surface area is 153 Å². The Morgan fingerprint density at radius 3 is 2.76 bits per heavy atom. The van der Waals surface area contributed by atoms with Gasteiger partial charge in [0, 0.05) is 18.9 Å². The maximum Gasteiger partial charge on any atom is 0.183 e. The van der Waals surface area contributed by atoms with Crippen molar-refractivity contribution in [3.8, 4) is 11.5 Å². The minimum Gasteiger partial charge on any atom is -0.369 e. The number of hydrogen-bond acceptors (Lipinski definition) is 6. The number of fused-ring (bicyclic) bond motifs is 1. The second kappa shape index (κ2) is 7.13. The highest BCUT2D eigenvalue weighted by atomic mass is 35.5. The molecule has 0 unspecified atom stereocenters. The first-order valence-corrected chi connectivity index (χ1v) is 9.00. The summed E-state index contributed by atoms with van der Waals surface area (Å²) in [6.07, 6.45) is 5.82. The van der Waals surface area contributed by atoms with Crippen molar-refractivity contribution in [2.75, 3.05) is 11.9 Å². The Morgan fingerprint density at radius 1 is 1.08 bits per heavy atom. The SMILES string of the molecule is Clc1cc2c(NCCc3ccccc3)nc(-c3cnccn3)nc2s1. The fraction of sp³-hybridized carbons (Fsp3) is 0.111. The van der Waals surface area contributed by atoms with Crippen molar-refractivity contribution in [1.82, 2.24) is 19.9 Å². The van der Waals surface area contributed by atoms with Crippen LogP contribution in [0.3, 0.4) is 0 Å². The fourth-order valence-electron chi connectivity index (χ4n) is 2.53.